The highest BCUT2D eigenvalue weighted by Crippen LogP contribution is 2.20. The van der Waals surface area contributed by atoms with Gasteiger partial charge >= 0.3 is 5.97 Å². The molecule has 0 aliphatic rings. The second kappa shape index (κ2) is 7.97. The van der Waals surface area contributed by atoms with Gasteiger partial charge in [0.2, 0.25) is 11.7 Å². The van der Waals surface area contributed by atoms with Crippen LogP contribution in [0.5, 0.6) is 5.75 Å². The van der Waals surface area contributed by atoms with Crippen molar-refractivity contribution in [3.05, 3.63) is 42.8 Å². The molecule has 6 heteroatoms. The first-order chi connectivity index (χ1) is 10.7. The molecule has 22 heavy (non-hydrogen) atoms. The minimum Gasteiger partial charge on any atom is -0.494 e. The molecule has 0 saturated heterocycles. The number of carbonyl (C=O) groups is 1. The molecule has 0 spiro atoms. The molecule has 0 atom stereocenters. The molecule has 116 valence electrons. The van der Waals surface area contributed by atoms with E-state index in [9.17, 15) is 4.79 Å². The Labute approximate surface area is 128 Å². The highest BCUT2D eigenvalue weighted by atomic mass is 16.5. The second-order valence-electron chi connectivity index (χ2n) is 4.59. The van der Waals surface area contributed by atoms with Gasteiger partial charge in [-0.2, -0.15) is 4.98 Å². The van der Waals surface area contributed by atoms with Gasteiger partial charge in [-0.05, 0) is 37.1 Å². The fraction of sp³-hybridized carbons (Fsp3) is 0.312. The maximum atomic E-state index is 10.8. The van der Waals surface area contributed by atoms with Crippen molar-refractivity contribution in [2.24, 2.45) is 0 Å². The molecule has 1 aromatic carbocycles. The second-order valence-corrected chi connectivity index (χ2v) is 4.59. The molecule has 0 saturated carbocycles. The van der Waals surface area contributed by atoms with Crippen molar-refractivity contribution in [2.45, 2.75) is 19.8 Å². The molecule has 0 amide bonds. The van der Waals surface area contributed by atoms with Crippen molar-refractivity contribution in [1.82, 2.24) is 10.1 Å². The molecule has 0 fully saturated rings. The monoisotopic (exact) mass is 302 g/mol. The maximum Gasteiger partial charge on any atom is 0.330 e. The van der Waals surface area contributed by atoms with E-state index in [0.717, 1.165) is 30.2 Å². The summed E-state index contributed by atoms with van der Waals surface area (Å²) in [6, 6.07) is 7.48. The fourth-order valence-electron chi connectivity index (χ4n) is 1.74. The SMILES string of the molecule is C=CC(=O)OCCCCOc1ccc(-c2noc(C)n2)cc1. The summed E-state index contributed by atoms with van der Waals surface area (Å²) in [6.07, 6.45) is 2.71. The molecule has 0 radical (unpaired) electrons. The van der Waals surface area contributed by atoms with Crippen LogP contribution in [-0.2, 0) is 9.53 Å². The Morgan fingerprint density at radius 2 is 2.00 bits per heavy atom. The molecule has 2 aromatic rings. The van der Waals surface area contributed by atoms with E-state index in [1.54, 1.807) is 6.92 Å². The van der Waals surface area contributed by atoms with Gasteiger partial charge in [0.15, 0.2) is 0 Å². The van der Waals surface area contributed by atoms with Crippen LogP contribution in [-0.4, -0.2) is 29.3 Å². The Morgan fingerprint density at radius 3 is 2.64 bits per heavy atom. The van der Waals surface area contributed by atoms with Gasteiger partial charge in [0.25, 0.3) is 0 Å². The minimum absolute atomic E-state index is 0.379. The van der Waals surface area contributed by atoms with Gasteiger partial charge in [0.1, 0.15) is 5.75 Å². The summed E-state index contributed by atoms with van der Waals surface area (Å²) in [4.78, 5) is 15.0. The van der Waals surface area contributed by atoms with E-state index in [4.69, 9.17) is 14.0 Å². The largest absolute Gasteiger partial charge is 0.494 e. The molecule has 0 bridgehead atoms. The van der Waals surface area contributed by atoms with E-state index < -0.39 is 5.97 Å². The average Bonchev–Trinajstić information content (AvgIpc) is 2.97. The van der Waals surface area contributed by atoms with Gasteiger partial charge in [0.05, 0.1) is 13.2 Å². The molecule has 0 unspecified atom stereocenters. The fourth-order valence-corrected chi connectivity index (χ4v) is 1.74. The zero-order chi connectivity index (χ0) is 15.8. The van der Waals surface area contributed by atoms with Crippen LogP contribution >= 0.6 is 0 Å². The van der Waals surface area contributed by atoms with Gasteiger partial charge in [0, 0.05) is 18.6 Å². The van der Waals surface area contributed by atoms with Crippen LogP contribution in [0.1, 0.15) is 18.7 Å². The van der Waals surface area contributed by atoms with Crippen LogP contribution in [0.3, 0.4) is 0 Å². The van der Waals surface area contributed by atoms with Crippen LogP contribution in [0.25, 0.3) is 11.4 Å². The lowest BCUT2D eigenvalue weighted by molar-refractivity contribution is -0.137. The van der Waals surface area contributed by atoms with Crippen molar-refractivity contribution in [3.8, 4) is 17.1 Å². The van der Waals surface area contributed by atoms with Crippen LogP contribution in [0.15, 0.2) is 41.4 Å². The number of ether oxygens (including phenoxy) is 2. The summed E-state index contributed by atoms with van der Waals surface area (Å²) in [5, 5.41) is 3.86. The van der Waals surface area contributed by atoms with Crippen LogP contribution < -0.4 is 4.74 Å². The summed E-state index contributed by atoms with van der Waals surface area (Å²) in [6.45, 7) is 6.02. The van der Waals surface area contributed by atoms with Gasteiger partial charge in [-0.25, -0.2) is 4.79 Å². The third kappa shape index (κ3) is 4.73. The standard InChI is InChI=1S/C16H18N2O4/c1-3-15(19)21-11-5-4-10-20-14-8-6-13(7-9-14)16-17-12(2)22-18-16/h3,6-9H,1,4-5,10-11H2,2H3. The Hall–Kier alpha value is -2.63. The highest BCUT2D eigenvalue weighted by molar-refractivity contribution is 5.81. The molecule has 0 N–H and O–H groups in total. The Morgan fingerprint density at radius 1 is 1.27 bits per heavy atom. The highest BCUT2D eigenvalue weighted by Gasteiger charge is 2.05. The van der Waals surface area contributed by atoms with E-state index in [2.05, 4.69) is 16.7 Å². The van der Waals surface area contributed by atoms with Crippen LogP contribution in [0, 0.1) is 6.92 Å². The van der Waals surface area contributed by atoms with E-state index >= 15 is 0 Å². The summed E-state index contributed by atoms with van der Waals surface area (Å²) in [5.41, 5.74) is 0.875. The summed E-state index contributed by atoms with van der Waals surface area (Å²) in [5.74, 6) is 1.47. The molecule has 6 nitrogen and oxygen atoms in total. The molecular formula is C16H18N2O4. The molecule has 0 aliphatic heterocycles. The first-order valence-electron chi connectivity index (χ1n) is 7.02. The van der Waals surface area contributed by atoms with E-state index in [-0.39, 0.29) is 0 Å². The van der Waals surface area contributed by atoms with E-state index in [0.29, 0.717) is 24.9 Å². The number of unbranched alkanes of at least 4 members (excludes halogenated alkanes) is 1. The van der Waals surface area contributed by atoms with Crippen molar-refractivity contribution >= 4 is 5.97 Å². The van der Waals surface area contributed by atoms with Gasteiger partial charge in [-0.3, -0.25) is 0 Å². The van der Waals surface area contributed by atoms with Crippen LogP contribution in [0.2, 0.25) is 0 Å². The van der Waals surface area contributed by atoms with Crippen molar-refractivity contribution in [2.75, 3.05) is 13.2 Å². The van der Waals surface area contributed by atoms with Crippen molar-refractivity contribution in [1.29, 1.82) is 0 Å². The van der Waals surface area contributed by atoms with E-state index in [1.807, 2.05) is 24.3 Å². The van der Waals surface area contributed by atoms with Crippen LogP contribution in [0.4, 0.5) is 0 Å². The molecular weight excluding hydrogens is 284 g/mol. The topological polar surface area (TPSA) is 74.5 Å². The van der Waals surface area contributed by atoms with Crippen molar-refractivity contribution in [3.63, 3.8) is 0 Å². The Balaban J connectivity index is 1.71. The summed E-state index contributed by atoms with van der Waals surface area (Å²) >= 11 is 0. The lowest BCUT2D eigenvalue weighted by Crippen LogP contribution is -2.04. The summed E-state index contributed by atoms with van der Waals surface area (Å²) in [7, 11) is 0. The zero-order valence-corrected chi connectivity index (χ0v) is 12.4. The Bertz CT molecular complexity index is 619. The molecule has 2 rings (SSSR count). The number of hydrogen-bond donors (Lipinski definition) is 0. The van der Waals surface area contributed by atoms with Gasteiger partial charge < -0.3 is 14.0 Å². The lowest BCUT2D eigenvalue weighted by atomic mass is 10.2. The molecule has 0 aliphatic carbocycles. The summed E-state index contributed by atoms with van der Waals surface area (Å²) < 4.78 is 15.4. The number of esters is 1. The number of aryl methyl sites for hydroxylation is 1. The third-order valence-corrected chi connectivity index (χ3v) is 2.86. The quantitative estimate of drug-likeness (QED) is 0.424. The maximum absolute atomic E-state index is 10.8. The number of carbonyl (C=O) groups excluding carboxylic acids is 1. The molecule has 1 heterocycles. The number of benzene rings is 1. The van der Waals surface area contributed by atoms with Gasteiger partial charge in [-0.1, -0.05) is 11.7 Å². The first-order valence-corrected chi connectivity index (χ1v) is 7.02. The predicted octanol–water partition coefficient (Wildman–Crippen LogP) is 2.93. The van der Waals surface area contributed by atoms with E-state index in [1.165, 1.54) is 0 Å². The number of hydrogen-bond acceptors (Lipinski definition) is 6. The van der Waals surface area contributed by atoms with Crippen molar-refractivity contribution < 1.29 is 18.8 Å². The smallest absolute Gasteiger partial charge is 0.330 e. The normalized spacial score (nSPS) is 10.2. The minimum atomic E-state index is -0.395. The first kappa shape index (κ1) is 15.8. The number of rotatable bonds is 8. The number of aromatic nitrogens is 2. The van der Waals surface area contributed by atoms with Gasteiger partial charge in [-0.15, -0.1) is 0 Å². The third-order valence-electron chi connectivity index (χ3n) is 2.86. The lowest BCUT2D eigenvalue weighted by Gasteiger charge is -2.06. The zero-order valence-electron chi connectivity index (χ0n) is 12.4. The number of nitrogens with zero attached hydrogens (tertiary/aromatic N) is 2. The predicted molar refractivity (Wildman–Crippen MR) is 80.4 cm³/mol. The molecule has 1 aromatic heterocycles. The Kier molecular flexibility index (Phi) is 5.71. The average molecular weight is 302 g/mol.